The second kappa shape index (κ2) is 5.75. The van der Waals surface area contributed by atoms with Gasteiger partial charge in [0.05, 0.1) is 17.9 Å². The molecule has 2 aliphatic rings. The van der Waals surface area contributed by atoms with E-state index in [1.54, 1.807) is 11.0 Å². The predicted molar refractivity (Wildman–Crippen MR) is 77.8 cm³/mol. The molecule has 0 aromatic heterocycles. The van der Waals surface area contributed by atoms with Crippen LogP contribution >= 0.6 is 0 Å². The number of nitrogens with zero attached hydrogens (tertiary/aromatic N) is 2. The highest BCUT2D eigenvalue weighted by Crippen LogP contribution is 2.28. The normalized spacial score (nSPS) is 20.7. The fraction of sp³-hybridized carbons (Fsp3) is 0.500. The minimum Gasteiger partial charge on any atom is -0.291 e. The lowest BCUT2D eigenvalue weighted by molar-refractivity contribution is -0.114. The Balaban J connectivity index is 1.76. The average Bonchev–Trinajstić information content (AvgIpc) is 2.67. The van der Waals surface area contributed by atoms with Gasteiger partial charge in [-0.15, -0.1) is 0 Å². The van der Waals surface area contributed by atoms with E-state index in [1.165, 1.54) is 32.1 Å². The summed E-state index contributed by atoms with van der Waals surface area (Å²) in [5, 5.41) is 0. The molecule has 1 saturated heterocycles. The maximum atomic E-state index is 12.1. The molecule has 0 saturated carbocycles. The maximum absolute atomic E-state index is 12.1. The Labute approximate surface area is 119 Å². The minimum atomic E-state index is -0.381. The van der Waals surface area contributed by atoms with Crippen molar-refractivity contribution in [3.05, 3.63) is 29.8 Å². The Morgan fingerprint density at radius 1 is 0.900 bits per heavy atom. The molecule has 4 nitrogen and oxygen atoms in total. The lowest BCUT2D eigenvalue weighted by Crippen LogP contribution is -2.42. The molecule has 0 radical (unpaired) electrons. The SMILES string of the molecule is O=C1C(=O)N(CN2CCCCCCC2)c2ccccc21. The van der Waals surface area contributed by atoms with Crippen LogP contribution in [0, 0.1) is 0 Å². The molecule has 2 heterocycles. The first kappa shape index (κ1) is 13.3. The molecular formula is C16H20N2O2. The molecule has 0 N–H and O–H groups in total. The van der Waals surface area contributed by atoms with Crippen LogP contribution in [0.4, 0.5) is 5.69 Å². The average molecular weight is 272 g/mol. The number of Topliss-reactive ketones (excluding diaryl/α,β-unsaturated/α-hetero) is 1. The molecule has 0 bridgehead atoms. The van der Waals surface area contributed by atoms with E-state index in [0.717, 1.165) is 18.8 Å². The number of fused-ring (bicyclic) bond motifs is 1. The molecule has 0 unspecified atom stereocenters. The largest absolute Gasteiger partial charge is 0.300 e. The zero-order valence-electron chi connectivity index (χ0n) is 11.7. The maximum Gasteiger partial charge on any atom is 0.300 e. The lowest BCUT2D eigenvalue weighted by atomic mass is 10.1. The van der Waals surface area contributed by atoms with Crippen molar-refractivity contribution in [3.8, 4) is 0 Å². The summed E-state index contributed by atoms with van der Waals surface area (Å²) in [5.74, 6) is -0.749. The van der Waals surface area contributed by atoms with Crippen LogP contribution < -0.4 is 4.90 Å². The molecule has 4 heteroatoms. The number of para-hydroxylation sites is 1. The Morgan fingerprint density at radius 2 is 1.55 bits per heavy atom. The molecule has 2 aliphatic heterocycles. The third-order valence-electron chi connectivity index (χ3n) is 4.17. The van der Waals surface area contributed by atoms with Gasteiger partial charge in [0.25, 0.3) is 5.78 Å². The van der Waals surface area contributed by atoms with E-state index in [-0.39, 0.29) is 11.7 Å². The van der Waals surface area contributed by atoms with Gasteiger partial charge in [-0.25, -0.2) is 0 Å². The summed E-state index contributed by atoms with van der Waals surface area (Å²) < 4.78 is 0. The van der Waals surface area contributed by atoms with Crippen LogP contribution in [0.15, 0.2) is 24.3 Å². The van der Waals surface area contributed by atoms with Gasteiger partial charge in [0.15, 0.2) is 0 Å². The Morgan fingerprint density at radius 3 is 2.30 bits per heavy atom. The van der Waals surface area contributed by atoms with Crippen molar-refractivity contribution < 1.29 is 9.59 Å². The van der Waals surface area contributed by atoms with Crippen molar-refractivity contribution in [1.29, 1.82) is 0 Å². The zero-order valence-corrected chi connectivity index (χ0v) is 11.7. The van der Waals surface area contributed by atoms with Crippen LogP contribution in [0.3, 0.4) is 0 Å². The molecule has 1 amide bonds. The summed E-state index contributed by atoms with van der Waals surface area (Å²) >= 11 is 0. The van der Waals surface area contributed by atoms with Crippen LogP contribution in [0.5, 0.6) is 0 Å². The smallest absolute Gasteiger partial charge is 0.291 e. The van der Waals surface area contributed by atoms with E-state index in [1.807, 2.05) is 18.2 Å². The van der Waals surface area contributed by atoms with Gasteiger partial charge in [0, 0.05) is 0 Å². The molecule has 106 valence electrons. The van der Waals surface area contributed by atoms with Crippen molar-refractivity contribution >= 4 is 17.4 Å². The summed E-state index contributed by atoms with van der Waals surface area (Å²) in [7, 11) is 0. The van der Waals surface area contributed by atoms with Crippen molar-refractivity contribution in [2.45, 2.75) is 32.1 Å². The quantitative estimate of drug-likeness (QED) is 0.776. The highest BCUT2D eigenvalue weighted by atomic mass is 16.2. The molecule has 0 aliphatic carbocycles. The number of carbonyl (C=O) groups excluding carboxylic acids is 2. The van der Waals surface area contributed by atoms with E-state index in [2.05, 4.69) is 4.90 Å². The van der Waals surface area contributed by atoms with Gasteiger partial charge >= 0.3 is 5.91 Å². The fourth-order valence-corrected chi connectivity index (χ4v) is 3.04. The van der Waals surface area contributed by atoms with E-state index in [4.69, 9.17) is 0 Å². The van der Waals surface area contributed by atoms with Crippen LogP contribution in [-0.4, -0.2) is 36.3 Å². The summed E-state index contributed by atoms with van der Waals surface area (Å²) in [4.78, 5) is 28.0. The van der Waals surface area contributed by atoms with Gasteiger partial charge < -0.3 is 0 Å². The predicted octanol–water partition coefficient (Wildman–Crippen LogP) is 2.44. The number of likely N-dealkylation sites (tertiary alicyclic amines) is 1. The summed E-state index contributed by atoms with van der Waals surface area (Å²) in [5.41, 5.74) is 1.31. The topological polar surface area (TPSA) is 40.6 Å². The second-order valence-electron chi connectivity index (χ2n) is 5.61. The van der Waals surface area contributed by atoms with Crippen LogP contribution in [0.2, 0.25) is 0 Å². The summed E-state index contributed by atoms with van der Waals surface area (Å²) in [6, 6.07) is 7.29. The number of ketones is 1. The molecular weight excluding hydrogens is 252 g/mol. The summed E-state index contributed by atoms with van der Waals surface area (Å²) in [6.45, 7) is 2.57. The number of hydrogen-bond acceptors (Lipinski definition) is 3. The van der Waals surface area contributed by atoms with Gasteiger partial charge in [-0.3, -0.25) is 19.4 Å². The molecule has 1 fully saturated rings. The fourth-order valence-electron chi connectivity index (χ4n) is 3.04. The number of hydrogen-bond donors (Lipinski definition) is 0. The van der Waals surface area contributed by atoms with Crippen molar-refractivity contribution in [2.75, 3.05) is 24.7 Å². The molecule has 0 spiro atoms. The molecule has 3 rings (SSSR count). The first-order chi connectivity index (χ1) is 9.77. The van der Waals surface area contributed by atoms with Crippen molar-refractivity contribution in [1.82, 2.24) is 4.90 Å². The number of carbonyl (C=O) groups is 2. The van der Waals surface area contributed by atoms with Crippen LogP contribution in [0.25, 0.3) is 0 Å². The second-order valence-corrected chi connectivity index (χ2v) is 5.61. The zero-order chi connectivity index (χ0) is 13.9. The lowest BCUT2D eigenvalue weighted by Gasteiger charge is -2.29. The van der Waals surface area contributed by atoms with Gasteiger partial charge in [-0.2, -0.15) is 0 Å². The highest BCUT2D eigenvalue weighted by Gasteiger charge is 2.36. The Hall–Kier alpha value is -1.68. The number of anilines is 1. The monoisotopic (exact) mass is 272 g/mol. The molecule has 20 heavy (non-hydrogen) atoms. The molecule has 1 aromatic carbocycles. The number of amides is 1. The molecule has 0 atom stereocenters. The van der Waals surface area contributed by atoms with Gasteiger partial charge in [0.1, 0.15) is 0 Å². The van der Waals surface area contributed by atoms with Crippen molar-refractivity contribution in [3.63, 3.8) is 0 Å². The molecule has 1 aromatic rings. The van der Waals surface area contributed by atoms with E-state index >= 15 is 0 Å². The van der Waals surface area contributed by atoms with Crippen LogP contribution in [0.1, 0.15) is 42.5 Å². The minimum absolute atomic E-state index is 0.368. The highest BCUT2D eigenvalue weighted by molar-refractivity contribution is 6.52. The Bertz CT molecular complexity index is 519. The standard InChI is InChI=1S/C16H20N2O2/c19-15-13-8-4-5-9-14(13)18(16(15)20)12-17-10-6-2-1-3-7-11-17/h4-5,8-9H,1-3,6-7,10-12H2. The van der Waals surface area contributed by atoms with E-state index < -0.39 is 0 Å². The van der Waals surface area contributed by atoms with Gasteiger partial charge in [0.2, 0.25) is 0 Å². The number of benzene rings is 1. The third kappa shape index (κ3) is 2.48. The van der Waals surface area contributed by atoms with E-state index in [0.29, 0.717) is 12.2 Å². The summed E-state index contributed by atoms with van der Waals surface area (Å²) in [6.07, 6.45) is 6.20. The van der Waals surface area contributed by atoms with E-state index in [9.17, 15) is 9.59 Å². The Kier molecular flexibility index (Phi) is 3.83. The number of rotatable bonds is 2. The van der Waals surface area contributed by atoms with Gasteiger partial charge in [-0.1, -0.05) is 31.4 Å². The van der Waals surface area contributed by atoms with Crippen molar-refractivity contribution in [2.24, 2.45) is 0 Å². The third-order valence-corrected chi connectivity index (χ3v) is 4.17. The van der Waals surface area contributed by atoms with Gasteiger partial charge in [-0.05, 0) is 38.1 Å². The first-order valence-corrected chi connectivity index (χ1v) is 7.45. The van der Waals surface area contributed by atoms with Crippen LogP contribution in [-0.2, 0) is 4.79 Å². The first-order valence-electron chi connectivity index (χ1n) is 7.45.